The molecule has 0 saturated carbocycles. The van der Waals surface area contributed by atoms with Crippen molar-refractivity contribution in [2.45, 2.75) is 13.0 Å². The third-order valence-electron chi connectivity index (χ3n) is 5.49. The molecule has 7 nitrogen and oxygen atoms in total. The van der Waals surface area contributed by atoms with Crippen LogP contribution >= 0.6 is 0 Å². The maximum absolute atomic E-state index is 14.2. The lowest BCUT2D eigenvalue weighted by Crippen LogP contribution is -2.24. The summed E-state index contributed by atoms with van der Waals surface area (Å²) in [7, 11) is 3.49. The molecule has 2 heterocycles. The minimum atomic E-state index is -0.428. The van der Waals surface area contributed by atoms with Crippen LogP contribution in [0.5, 0.6) is 0 Å². The number of imidazole rings is 1. The smallest absolute Gasteiger partial charge is 0.272 e. The molecule has 8 heteroatoms. The molecule has 0 aliphatic rings. The van der Waals surface area contributed by atoms with Gasteiger partial charge in [0.1, 0.15) is 11.6 Å². The monoisotopic (exact) mass is 456 g/mol. The number of benzene rings is 2. The Bertz CT molecular complexity index is 1390. The first-order valence-electron chi connectivity index (χ1n) is 10.8. The van der Waals surface area contributed by atoms with Gasteiger partial charge in [0.05, 0.1) is 11.0 Å². The van der Waals surface area contributed by atoms with E-state index in [0.717, 1.165) is 11.4 Å². The van der Waals surface area contributed by atoms with Gasteiger partial charge in [-0.1, -0.05) is 30.3 Å². The Kier molecular flexibility index (Phi) is 6.77. The number of aromatic nitrogens is 3. The molecule has 2 aromatic heterocycles. The average Bonchev–Trinajstić information content (AvgIpc) is 3.16. The zero-order valence-electron chi connectivity index (χ0n) is 19.0. The zero-order valence-corrected chi connectivity index (χ0v) is 19.0. The summed E-state index contributed by atoms with van der Waals surface area (Å²) in [5, 5.41) is 2.84. The van der Waals surface area contributed by atoms with E-state index >= 15 is 0 Å². The summed E-state index contributed by atoms with van der Waals surface area (Å²) >= 11 is 0. The number of nitrogens with one attached hydrogen (secondary N) is 1. The maximum atomic E-state index is 14.2. The molecule has 0 atom stereocenters. The molecule has 0 spiro atoms. The Morgan fingerprint density at radius 1 is 1.18 bits per heavy atom. The molecule has 2 aromatic carbocycles. The number of nitrogens with zero attached hydrogens (tertiary/aromatic N) is 4. The highest BCUT2D eigenvalue weighted by Gasteiger charge is 2.18. The molecule has 0 fully saturated rings. The summed E-state index contributed by atoms with van der Waals surface area (Å²) in [4.78, 5) is 26.0. The van der Waals surface area contributed by atoms with E-state index in [-0.39, 0.29) is 18.1 Å². The lowest BCUT2D eigenvalue weighted by Gasteiger charge is -2.10. The Hall–Kier alpha value is -4.33. The van der Waals surface area contributed by atoms with Crippen molar-refractivity contribution in [3.8, 4) is 0 Å². The highest BCUT2D eigenvalue weighted by molar-refractivity contribution is 6.09. The number of pyridine rings is 1. The van der Waals surface area contributed by atoms with Crippen LogP contribution in [-0.2, 0) is 20.0 Å². The molecule has 4 aromatic rings. The van der Waals surface area contributed by atoms with E-state index in [4.69, 9.17) is 10.7 Å². The number of amides is 1. The van der Waals surface area contributed by atoms with Gasteiger partial charge in [0.15, 0.2) is 5.69 Å². The van der Waals surface area contributed by atoms with Gasteiger partial charge in [-0.05, 0) is 41.0 Å². The van der Waals surface area contributed by atoms with Crippen molar-refractivity contribution in [3.05, 3.63) is 101 Å². The predicted molar refractivity (Wildman–Crippen MR) is 132 cm³/mol. The van der Waals surface area contributed by atoms with Gasteiger partial charge in [-0.25, -0.2) is 14.4 Å². The normalized spacial score (nSPS) is 11.9. The number of allylic oxidation sites excluding steroid dienone is 1. The molecule has 0 bridgehead atoms. The number of carbonyl (C=O) groups is 1. The Morgan fingerprint density at radius 2 is 1.97 bits per heavy atom. The van der Waals surface area contributed by atoms with E-state index < -0.39 is 5.82 Å². The van der Waals surface area contributed by atoms with Gasteiger partial charge in [0.25, 0.3) is 5.91 Å². The molecule has 1 amide bonds. The van der Waals surface area contributed by atoms with Gasteiger partial charge in [0, 0.05) is 51.2 Å². The van der Waals surface area contributed by atoms with Gasteiger partial charge in [0.2, 0.25) is 0 Å². The fraction of sp³-hybridized carbons (Fsp3) is 0.154. The van der Waals surface area contributed by atoms with Gasteiger partial charge < -0.3 is 15.6 Å². The van der Waals surface area contributed by atoms with Crippen molar-refractivity contribution in [3.63, 3.8) is 0 Å². The quantitative estimate of drug-likeness (QED) is 0.415. The van der Waals surface area contributed by atoms with Crippen LogP contribution in [0.15, 0.2) is 72.0 Å². The predicted octanol–water partition coefficient (Wildman–Crippen LogP) is 3.63. The second kappa shape index (κ2) is 10.1. The van der Waals surface area contributed by atoms with Crippen molar-refractivity contribution >= 4 is 28.7 Å². The summed E-state index contributed by atoms with van der Waals surface area (Å²) in [6.45, 7) is 0.123. The first kappa shape index (κ1) is 22.8. The molecule has 3 N–H and O–H groups in total. The van der Waals surface area contributed by atoms with E-state index in [9.17, 15) is 9.18 Å². The van der Waals surface area contributed by atoms with E-state index in [0.29, 0.717) is 34.2 Å². The number of rotatable bonds is 7. The van der Waals surface area contributed by atoms with E-state index in [1.165, 1.54) is 18.3 Å². The third kappa shape index (κ3) is 4.85. The second-order valence-corrected chi connectivity index (χ2v) is 7.82. The van der Waals surface area contributed by atoms with Crippen molar-refractivity contribution in [1.82, 2.24) is 19.9 Å². The molecule has 0 saturated heterocycles. The highest BCUT2D eigenvalue weighted by Crippen LogP contribution is 2.21. The highest BCUT2D eigenvalue weighted by atomic mass is 19.1. The minimum absolute atomic E-state index is 0.123. The minimum Gasteiger partial charge on any atom is -0.404 e. The Balaban J connectivity index is 1.58. The summed E-state index contributed by atoms with van der Waals surface area (Å²) in [5.74, 6) is 0.0371. The van der Waals surface area contributed by atoms with Crippen LogP contribution in [0.1, 0.15) is 33.0 Å². The molecular weight excluding hydrogens is 431 g/mol. The molecule has 0 aliphatic heterocycles. The molecule has 0 unspecified atom stereocenters. The van der Waals surface area contributed by atoms with Gasteiger partial charge >= 0.3 is 0 Å². The standard InChI is InChI=1S/C26H25FN6O/c1-29-16-20(14-28)19-10-18(11-21(27)13-19)15-31-26(34)24-25-22(8-9-30-24)32-23(33(25)2)12-17-6-4-3-5-7-17/h3-11,13-14,16H,12,15,28H2,1-2H3,(H,31,34). The fourth-order valence-corrected chi connectivity index (χ4v) is 3.85. The summed E-state index contributed by atoms with van der Waals surface area (Å²) in [6, 6.07) is 16.3. The topological polar surface area (TPSA) is 98.2 Å². The number of hydrogen-bond acceptors (Lipinski definition) is 5. The van der Waals surface area contributed by atoms with Gasteiger partial charge in [-0.15, -0.1) is 0 Å². The maximum Gasteiger partial charge on any atom is 0.272 e. The Labute approximate surface area is 196 Å². The van der Waals surface area contributed by atoms with Crippen LogP contribution in [0.4, 0.5) is 4.39 Å². The van der Waals surface area contributed by atoms with Crippen LogP contribution in [0.3, 0.4) is 0 Å². The summed E-state index contributed by atoms with van der Waals surface area (Å²) in [6.07, 6.45) is 5.12. The van der Waals surface area contributed by atoms with Crippen molar-refractivity contribution < 1.29 is 9.18 Å². The largest absolute Gasteiger partial charge is 0.404 e. The number of halogens is 1. The average molecular weight is 457 g/mol. The van der Waals surface area contributed by atoms with Gasteiger partial charge in [-0.3, -0.25) is 9.79 Å². The molecule has 172 valence electrons. The molecule has 4 rings (SSSR count). The lowest BCUT2D eigenvalue weighted by atomic mass is 10.0. The molecular formula is C26H25FN6O. The van der Waals surface area contributed by atoms with Crippen LogP contribution in [0, 0.1) is 5.82 Å². The number of fused-ring (bicyclic) bond motifs is 1. The number of nitrogens with two attached hydrogens (primary N) is 1. The lowest BCUT2D eigenvalue weighted by molar-refractivity contribution is 0.0947. The van der Waals surface area contributed by atoms with Gasteiger partial charge in [-0.2, -0.15) is 0 Å². The first-order chi connectivity index (χ1) is 16.5. The third-order valence-corrected chi connectivity index (χ3v) is 5.49. The second-order valence-electron chi connectivity index (χ2n) is 7.82. The zero-order chi connectivity index (χ0) is 24.1. The van der Waals surface area contributed by atoms with Crippen molar-refractivity contribution in [1.29, 1.82) is 0 Å². The SMILES string of the molecule is CN=CC(=CN)c1cc(F)cc(CNC(=O)c2nccc3nc(Cc4ccccc4)n(C)c23)c1. The number of aliphatic imine (C=N–C) groups is 1. The molecule has 0 aliphatic carbocycles. The molecule has 34 heavy (non-hydrogen) atoms. The Morgan fingerprint density at radius 3 is 2.71 bits per heavy atom. The molecule has 0 radical (unpaired) electrons. The summed E-state index contributed by atoms with van der Waals surface area (Å²) < 4.78 is 16.1. The first-order valence-corrected chi connectivity index (χ1v) is 10.8. The van der Waals surface area contributed by atoms with E-state index in [2.05, 4.69) is 15.3 Å². The van der Waals surface area contributed by atoms with Crippen LogP contribution in [-0.4, -0.2) is 33.7 Å². The number of aryl methyl sites for hydroxylation is 1. The number of hydrogen-bond donors (Lipinski definition) is 2. The number of carbonyl (C=O) groups excluding carboxylic acids is 1. The fourth-order valence-electron chi connectivity index (χ4n) is 3.85. The van der Waals surface area contributed by atoms with Crippen LogP contribution in [0.25, 0.3) is 16.6 Å². The van der Waals surface area contributed by atoms with Crippen LogP contribution in [0.2, 0.25) is 0 Å². The van der Waals surface area contributed by atoms with E-state index in [1.54, 1.807) is 31.6 Å². The van der Waals surface area contributed by atoms with Crippen molar-refractivity contribution in [2.75, 3.05) is 7.05 Å². The van der Waals surface area contributed by atoms with Crippen LogP contribution < -0.4 is 11.1 Å². The summed E-state index contributed by atoms with van der Waals surface area (Å²) in [5.41, 5.74) is 10.1. The van der Waals surface area contributed by atoms with E-state index in [1.807, 2.05) is 41.9 Å². The van der Waals surface area contributed by atoms with Crippen molar-refractivity contribution in [2.24, 2.45) is 17.8 Å².